The number of benzene rings is 3. The molecule has 0 atom stereocenters. The van der Waals surface area contributed by atoms with E-state index < -0.39 is 0 Å². The Morgan fingerprint density at radius 1 is 0.917 bits per heavy atom. The molecule has 0 aliphatic carbocycles. The van der Waals surface area contributed by atoms with Crippen molar-refractivity contribution in [3.05, 3.63) is 115 Å². The number of hydrogen-bond acceptors (Lipinski definition) is 4. The van der Waals surface area contributed by atoms with Gasteiger partial charge in [0, 0.05) is 37.1 Å². The first-order chi connectivity index (χ1) is 16.9. The third-order valence-corrected chi connectivity index (χ3v) is 5.11. The molecule has 0 saturated heterocycles. The average Bonchev–Trinajstić information content (AvgIpc) is 3.28. The fraction of sp³-hybridized carbons (Fsp3) is 0.0667. The summed E-state index contributed by atoms with van der Waals surface area (Å²) in [6.07, 6.45) is 1.17. The van der Waals surface area contributed by atoms with E-state index in [0.29, 0.717) is 11.5 Å². The maximum atomic E-state index is 13.2. The molecule has 1 N–H and O–H groups in total. The maximum Gasteiger partial charge on any atom is 0.217 e. The zero-order valence-corrected chi connectivity index (χ0v) is 22.1. The summed E-state index contributed by atoms with van der Waals surface area (Å²) in [6.45, 7) is 2.85. The first-order valence-electron chi connectivity index (χ1n) is 11.0. The van der Waals surface area contributed by atoms with Crippen LogP contribution in [-0.2, 0) is 24.9 Å². The van der Waals surface area contributed by atoms with Gasteiger partial charge >= 0.3 is 0 Å². The molecule has 0 bridgehead atoms. The quantitative estimate of drug-likeness (QED) is 0.122. The van der Waals surface area contributed by atoms with Crippen LogP contribution < -0.4 is 0 Å². The van der Waals surface area contributed by atoms with Gasteiger partial charge in [0.25, 0.3) is 0 Å². The van der Waals surface area contributed by atoms with Crippen molar-refractivity contribution in [3.63, 3.8) is 0 Å². The van der Waals surface area contributed by atoms with Crippen LogP contribution in [0.2, 0.25) is 0 Å². The fourth-order valence-corrected chi connectivity index (χ4v) is 3.54. The zero-order valence-electron chi connectivity index (χ0n) is 19.7. The number of aliphatic hydroxyl groups excluding tert-OH is 1. The molecular formula is C30H23FIrNO3-. The Kier molecular flexibility index (Phi) is 9.07. The van der Waals surface area contributed by atoms with Crippen LogP contribution >= 0.6 is 0 Å². The Morgan fingerprint density at radius 3 is 2.28 bits per heavy atom. The minimum atomic E-state index is -0.269. The summed E-state index contributed by atoms with van der Waals surface area (Å²) in [5.74, 6) is 0.336. The molecule has 0 saturated carbocycles. The Labute approximate surface area is 222 Å². The van der Waals surface area contributed by atoms with E-state index in [-0.39, 0.29) is 37.5 Å². The number of carbonyl (C=O) groups is 1. The summed E-state index contributed by atoms with van der Waals surface area (Å²) < 4.78 is 19.1. The van der Waals surface area contributed by atoms with Gasteiger partial charge in [-0.3, -0.25) is 9.78 Å². The second-order valence-corrected chi connectivity index (χ2v) is 7.96. The number of rotatable bonds is 4. The molecule has 0 amide bonds. The molecule has 5 rings (SSSR count). The van der Waals surface area contributed by atoms with Crippen molar-refractivity contribution in [1.29, 1.82) is 0 Å². The van der Waals surface area contributed by atoms with Gasteiger partial charge in [0.05, 0.1) is 5.76 Å². The third kappa shape index (κ3) is 6.85. The third-order valence-electron chi connectivity index (χ3n) is 5.11. The van der Waals surface area contributed by atoms with Crippen molar-refractivity contribution in [2.24, 2.45) is 0 Å². The van der Waals surface area contributed by atoms with Crippen LogP contribution in [0, 0.1) is 11.9 Å². The number of halogens is 1. The SMILES string of the molecule is CC(=O)/C=C(/C)O.Fc1ccc(-c2cc3ccc(-c4[c-]ccc(-c5ccccc5)c4)nc3o2)cc1.[Ir]. The predicted octanol–water partition coefficient (Wildman–Crippen LogP) is 7.80. The summed E-state index contributed by atoms with van der Waals surface area (Å²) in [5.41, 5.74) is 5.33. The van der Waals surface area contributed by atoms with Crippen LogP contribution in [0.25, 0.3) is 44.8 Å². The van der Waals surface area contributed by atoms with Gasteiger partial charge in [-0.15, -0.1) is 35.4 Å². The van der Waals surface area contributed by atoms with Crippen molar-refractivity contribution < 1.29 is 38.8 Å². The number of fused-ring (bicyclic) bond motifs is 1. The van der Waals surface area contributed by atoms with Gasteiger partial charge in [0.15, 0.2) is 5.78 Å². The number of allylic oxidation sites excluding steroid dienone is 2. The van der Waals surface area contributed by atoms with Crippen LogP contribution in [0.15, 0.2) is 107 Å². The number of ketones is 1. The minimum Gasteiger partial charge on any atom is -0.512 e. The Morgan fingerprint density at radius 2 is 1.64 bits per heavy atom. The van der Waals surface area contributed by atoms with Crippen LogP contribution in [0.4, 0.5) is 4.39 Å². The standard InChI is InChI=1S/C25H15FNO.C5H8O2.Ir/c26-22-12-9-18(10-13-22)24-16-21-11-14-23(27-25(21)28-24)20-8-4-7-19(15-20)17-5-2-1-3-6-17;1-4(6)3-5(2)7;/h1-7,9-16H;3,6H,1-2H3;/q-1;;/b;4-3-;. The van der Waals surface area contributed by atoms with Crippen molar-refractivity contribution in [2.45, 2.75) is 13.8 Å². The molecule has 6 heteroatoms. The summed E-state index contributed by atoms with van der Waals surface area (Å²) in [6, 6.07) is 31.6. The molecule has 1 radical (unpaired) electrons. The molecule has 0 aliphatic heterocycles. The molecule has 2 aromatic heterocycles. The van der Waals surface area contributed by atoms with E-state index in [1.807, 2.05) is 48.5 Å². The van der Waals surface area contributed by atoms with E-state index in [4.69, 9.17) is 9.52 Å². The molecule has 36 heavy (non-hydrogen) atoms. The molecule has 3 aromatic carbocycles. The number of furan rings is 1. The summed E-state index contributed by atoms with van der Waals surface area (Å²) in [7, 11) is 0. The van der Waals surface area contributed by atoms with Gasteiger partial charge < -0.3 is 9.52 Å². The summed E-state index contributed by atoms with van der Waals surface area (Å²) >= 11 is 0. The number of nitrogens with zero attached hydrogens (tertiary/aromatic N) is 1. The van der Waals surface area contributed by atoms with Gasteiger partial charge in [-0.2, -0.15) is 0 Å². The topological polar surface area (TPSA) is 63.3 Å². The first kappa shape index (κ1) is 26.7. The van der Waals surface area contributed by atoms with E-state index >= 15 is 0 Å². The number of hydrogen-bond donors (Lipinski definition) is 1. The predicted molar refractivity (Wildman–Crippen MR) is 136 cm³/mol. The van der Waals surface area contributed by atoms with Crippen molar-refractivity contribution in [1.82, 2.24) is 4.98 Å². The molecule has 4 nitrogen and oxygen atoms in total. The molecule has 0 unspecified atom stereocenters. The number of carbonyl (C=O) groups excluding carboxylic acids is 1. The fourth-order valence-electron chi connectivity index (χ4n) is 3.54. The molecule has 2 heterocycles. The molecule has 0 aliphatic rings. The second kappa shape index (κ2) is 12.2. The van der Waals surface area contributed by atoms with E-state index in [2.05, 4.69) is 29.2 Å². The van der Waals surface area contributed by atoms with Gasteiger partial charge in [-0.1, -0.05) is 42.5 Å². The first-order valence-corrected chi connectivity index (χ1v) is 11.0. The Hall–Kier alpha value is -3.86. The van der Waals surface area contributed by atoms with Gasteiger partial charge in [0.2, 0.25) is 5.71 Å². The second-order valence-electron chi connectivity index (χ2n) is 7.96. The van der Waals surface area contributed by atoms with Gasteiger partial charge in [-0.05, 0) is 55.4 Å². The summed E-state index contributed by atoms with van der Waals surface area (Å²) in [5, 5.41) is 9.27. The largest absolute Gasteiger partial charge is 0.512 e. The normalized spacial score (nSPS) is 10.8. The number of aromatic nitrogens is 1. The van der Waals surface area contributed by atoms with Crippen LogP contribution in [-0.4, -0.2) is 15.9 Å². The van der Waals surface area contributed by atoms with E-state index in [1.54, 1.807) is 12.1 Å². The zero-order chi connectivity index (χ0) is 24.8. The monoisotopic (exact) mass is 657 g/mol. The molecule has 183 valence electrons. The van der Waals surface area contributed by atoms with E-state index in [1.165, 1.54) is 32.1 Å². The molecule has 5 aromatic rings. The van der Waals surface area contributed by atoms with Crippen LogP contribution in [0.5, 0.6) is 0 Å². The van der Waals surface area contributed by atoms with Crippen LogP contribution in [0.3, 0.4) is 0 Å². The number of aliphatic hydroxyl groups is 1. The van der Waals surface area contributed by atoms with Crippen molar-refractivity contribution >= 4 is 16.9 Å². The average molecular weight is 657 g/mol. The maximum absolute atomic E-state index is 13.2. The van der Waals surface area contributed by atoms with Crippen LogP contribution in [0.1, 0.15) is 13.8 Å². The van der Waals surface area contributed by atoms with Crippen molar-refractivity contribution in [2.75, 3.05) is 0 Å². The Bertz CT molecular complexity index is 1490. The van der Waals surface area contributed by atoms with Gasteiger partial charge in [-0.25, -0.2) is 4.39 Å². The van der Waals surface area contributed by atoms with E-state index in [0.717, 1.165) is 33.3 Å². The summed E-state index contributed by atoms with van der Waals surface area (Å²) in [4.78, 5) is 14.7. The molecular weight excluding hydrogens is 634 g/mol. The molecule has 0 spiro atoms. The van der Waals surface area contributed by atoms with E-state index in [9.17, 15) is 9.18 Å². The van der Waals surface area contributed by atoms with Gasteiger partial charge in [0.1, 0.15) is 11.6 Å². The minimum absolute atomic E-state index is 0. The smallest absolute Gasteiger partial charge is 0.217 e. The number of pyridine rings is 1. The molecule has 0 fully saturated rings. The Balaban J connectivity index is 0.000000400. The van der Waals surface area contributed by atoms with Crippen molar-refractivity contribution in [3.8, 4) is 33.7 Å².